The Bertz CT molecular complexity index is 601. The molecule has 0 atom stereocenters. The van der Waals surface area contributed by atoms with Gasteiger partial charge in [-0.15, -0.1) is 0 Å². The molecule has 0 bridgehead atoms. The van der Waals surface area contributed by atoms with Crippen LogP contribution in [0.5, 0.6) is 11.5 Å². The van der Waals surface area contributed by atoms with E-state index in [1.165, 1.54) is 0 Å². The number of benzene rings is 2. The molecule has 0 heterocycles. The third-order valence-corrected chi connectivity index (χ3v) is 3.03. The fraction of sp³-hybridized carbons (Fsp3) is 0.133. The van der Waals surface area contributed by atoms with Crippen LogP contribution in [0, 0.1) is 0 Å². The van der Waals surface area contributed by atoms with Crippen LogP contribution in [0.2, 0.25) is 0 Å². The van der Waals surface area contributed by atoms with Crippen molar-refractivity contribution in [3.63, 3.8) is 0 Å². The Morgan fingerprint density at radius 1 is 1.15 bits per heavy atom. The Balaban J connectivity index is 1.92. The van der Waals surface area contributed by atoms with Crippen LogP contribution in [0.15, 0.2) is 53.0 Å². The maximum absolute atomic E-state index is 11.8. The van der Waals surface area contributed by atoms with Crippen molar-refractivity contribution in [2.24, 2.45) is 0 Å². The number of hydrogen-bond acceptors (Lipinski definition) is 3. The van der Waals surface area contributed by atoms with E-state index < -0.39 is 0 Å². The SMILES string of the molecule is COc1ccccc1OCC(=O)Nc1cccc(Br)c1. The highest BCUT2D eigenvalue weighted by atomic mass is 79.9. The fourth-order valence-corrected chi connectivity index (χ4v) is 2.04. The summed E-state index contributed by atoms with van der Waals surface area (Å²) >= 11 is 3.35. The maximum Gasteiger partial charge on any atom is 0.262 e. The Hall–Kier alpha value is -2.01. The first-order chi connectivity index (χ1) is 9.69. The average Bonchev–Trinajstić information content (AvgIpc) is 2.45. The van der Waals surface area contributed by atoms with Crippen LogP contribution < -0.4 is 14.8 Å². The second-order valence-corrected chi connectivity index (χ2v) is 4.91. The molecule has 2 rings (SSSR count). The highest BCUT2D eigenvalue weighted by Crippen LogP contribution is 2.25. The predicted molar refractivity (Wildman–Crippen MR) is 81.3 cm³/mol. The van der Waals surface area contributed by atoms with Crippen LogP contribution in [-0.4, -0.2) is 19.6 Å². The molecule has 20 heavy (non-hydrogen) atoms. The largest absolute Gasteiger partial charge is 0.493 e. The number of methoxy groups -OCH3 is 1. The lowest BCUT2D eigenvalue weighted by Gasteiger charge is -2.10. The minimum Gasteiger partial charge on any atom is -0.493 e. The first-order valence-electron chi connectivity index (χ1n) is 6.00. The van der Waals surface area contributed by atoms with Gasteiger partial charge in [0.05, 0.1) is 7.11 Å². The molecule has 0 aliphatic heterocycles. The van der Waals surface area contributed by atoms with E-state index >= 15 is 0 Å². The zero-order chi connectivity index (χ0) is 14.4. The number of ether oxygens (including phenoxy) is 2. The van der Waals surface area contributed by atoms with Gasteiger partial charge in [0.25, 0.3) is 5.91 Å². The minimum absolute atomic E-state index is 0.0765. The lowest BCUT2D eigenvalue weighted by Crippen LogP contribution is -2.20. The molecule has 0 radical (unpaired) electrons. The van der Waals surface area contributed by atoms with Crippen LogP contribution in [-0.2, 0) is 4.79 Å². The summed E-state index contributed by atoms with van der Waals surface area (Å²) in [5.41, 5.74) is 0.716. The van der Waals surface area contributed by atoms with Crippen molar-refractivity contribution < 1.29 is 14.3 Å². The number of rotatable bonds is 5. The molecular formula is C15H14BrNO3. The number of carbonyl (C=O) groups excluding carboxylic acids is 1. The van der Waals surface area contributed by atoms with Crippen LogP contribution >= 0.6 is 15.9 Å². The summed E-state index contributed by atoms with van der Waals surface area (Å²) in [6, 6.07) is 14.6. The van der Waals surface area contributed by atoms with Gasteiger partial charge in [0.1, 0.15) is 0 Å². The van der Waals surface area contributed by atoms with Crippen molar-refractivity contribution >= 4 is 27.5 Å². The summed E-state index contributed by atoms with van der Waals surface area (Å²) in [6.07, 6.45) is 0. The van der Waals surface area contributed by atoms with E-state index in [0.717, 1.165) is 4.47 Å². The van der Waals surface area contributed by atoms with Gasteiger partial charge in [-0.05, 0) is 30.3 Å². The van der Waals surface area contributed by atoms with Gasteiger partial charge in [-0.1, -0.05) is 34.1 Å². The Kier molecular flexibility index (Phi) is 5.01. The van der Waals surface area contributed by atoms with E-state index in [9.17, 15) is 4.79 Å². The Morgan fingerprint density at radius 3 is 2.60 bits per heavy atom. The first-order valence-corrected chi connectivity index (χ1v) is 6.79. The molecule has 2 aromatic rings. The highest BCUT2D eigenvalue weighted by Gasteiger charge is 2.07. The third kappa shape index (κ3) is 3.99. The number of anilines is 1. The average molecular weight is 336 g/mol. The number of amides is 1. The topological polar surface area (TPSA) is 47.6 Å². The second-order valence-electron chi connectivity index (χ2n) is 4.00. The number of para-hydroxylation sites is 2. The van der Waals surface area contributed by atoms with E-state index in [1.54, 1.807) is 19.2 Å². The van der Waals surface area contributed by atoms with Gasteiger partial charge in [0.2, 0.25) is 0 Å². The predicted octanol–water partition coefficient (Wildman–Crippen LogP) is 3.48. The van der Waals surface area contributed by atoms with E-state index in [-0.39, 0.29) is 12.5 Å². The van der Waals surface area contributed by atoms with Gasteiger partial charge in [0, 0.05) is 10.2 Å². The quantitative estimate of drug-likeness (QED) is 0.909. The van der Waals surface area contributed by atoms with Gasteiger partial charge in [-0.25, -0.2) is 0 Å². The molecule has 0 spiro atoms. The van der Waals surface area contributed by atoms with Gasteiger partial charge in [-0.2, -0.15) is 0 Å². The summed E-state index contributed by atoms with van der Waals surface area (Å²) in [5, 5.41) is 2.76. The van der Waals surface area contributed by atoms with E-state index in [4.69, 9.17) is 9.47 Å². The molecule has 1 amide bonds. The van der Waals surface area contributed by atoms with Gasteiger partial charge < -0.3 is 14.8 Å². The van der Waals surface area contributed by atoms with Gasteiger partial charge in [-0.3, -0.25) is 4.79 Å². The van der Waals surface area contributed by atoms with Crippen molar-refractivity contribution in [1.29, 1.82) is 0 Å². The van der Waals surface area contributed by atoms with Crippen LogP contribution in [0.4, 0.5) is 5.69 Å². The monoisotopic (exact) mass is 335 g/mol. The molecule has 0 aliphatic carbocycles. The number of nitrogens with one attached hydrogen (secondary N) is 1. The lowest BCUT2D eigenvalue weighted by atomic mass is 10.3. The van der Waals surface area contributed by atoms with Crippen LogP contribution in [0.25, 0.3) is 0 Å². The molecule has 0 saturated carbocycles. The minimum atomic E-state index is -0.228. The van der Waals surface area contributed by atoms with Crippen molar-refractivity contribution in [2.75, 3.05) is 19.0 Å². The van der Waals surface area contributed by atoms with Gasteiger partial charge in [0.15, 0.2) is 18.1 Å². The van der Waals surface area contributed by atoms with Crippen molar-refractivity contribution in [1.82, 2.24) is 0 Å². The molecule has 0 fully saturated rings. The summed E-state index contributed by atoms with van der Waals surface area (Å²) < 4.78 is 11.5. The standard InChI is InChI=1S/C15H14BrNO3/c1-19-13-7-2-3-8-14(13)20-10-15(18)17-12-6-4-5-11(16)9-12/h2-9H,10H2,1H3,(H,17,18). The lowest BCUT2D eigenvalue weighted by molar-refractivity contribution is -0.118. The van der Waals surface area contributed by atoms with E-state index in [1.807, 2.05) is 36.4 Å². The molecule has 0 aliphatic rings. The van der Waals surface area contributed by atoms with Crippen LogP contribution in [0.1, 0.15) is 0 Å². The second kappa shape index (κ2) is 6.96. The fourth-order valence-electron chi connectivity index (χ4n) is 1.64. The zero-order valence-electron chi connectivity index (χ0n) is 10.9. The summed E-state index contributed by atoms with van der Waals surface area (Å²) in [6.45, 7) is -0.0765. The smallest absolute Gasteiger partial charge is 0.262 e. The molecule has 4 nitrogen and oxygen atoms in total. The number of hydrogen-bond donors (Lipinski definition) is 1. The number of halogens is 1. The van der Waals surface area contributed by atoms with E-state index in [0.29, 0.717) is 17.2 Å². The summed E-state index contributed by atoms with van der Waals surface area (Å²) in [5.74, 6) is 0.913. The molecule has 5 heteroatoms. The third-order valence-electron chi connectivity index (χ3n) is 2.54. The molecule has 104 valence electrons. The zero-order valence-corrected chi connectivity index (χ0v) is 12.5. The highest BCUT2D eigenvalue weighted by molar-refractivity contribution is 9.10. The summed E-state index contributed by atoms with van der Waals surface area (Å²) in [7, 11) is 1.56. The van der Waals surface area contributed by atoms with Crippen molar-refractivity contribution in [3.05, 3.63) is 53.0 Å². The normalized spacial score (nSPS) is 9.90. The molecule has 0 saturated heterocycles. The molecule has 0 aromatic heterocycles. The van der Waals surface area contributed by atoms with Crippen molar-refractivity contribution in [2.45, 2.75) is 0 Å². The molecule has 1 N–H and O–H groups in total. The Morgan fingerprint density at radius 2 is 1.90 bits per heavy atom. The Labute approximate surface area is 125 Å². The summed E-state index contributed by atoms with van der Waals surface area (Å²) in [4.78, 5) is 11.8. The van der Waals surface area contributed by atoms with Crippen LogP contribution in [0.3, 0.4) is 0 Å². The molecule has 2 aromatic carbocycles. The molecule has 0 unspecified atom stereocenters. The number of carbonyl (C=O) groups is 1. The maximum atomic E-state index is 11.8. The van der Waals surface area contributed by atoms with Gasteiger partial charge >= 0.3 is 0 Å². The first kappa shape index (κ1) is 14.4. The van der Waals surface area contributed by atoms with Crippen molar-refractivity contribution in [3.8, 4) is 11.5 Å². The molecular weight excluding hydrogens is 322 g/mol. The van der Waals surface area contributed by atoms with E-state index in [2.05, 4.69) is 21.2 Å².